The zero-order valence-corrected chi connectivity index (χ0v) is 13.3. The maximum Gasteiger partial charge on any atom is 0.338 e. The van der Waals surface area contributed by atoms with E-state index in [9.17, 15) is 18.0 Å². The number of nitrogens with one attached hydrogen (secondary N) is 1. The maximum atomic E-state index is 11.8. The zero-order valence-electron chi connectivity index (χ0n) is 12.5. The van der Waals surface area contributed by atoms with E-state index in [1.165, 1.54) is 19.2 Å². The van der Waals surface area contributed by atoms with Gasteiger partial charge in [-0.05, 0) is 17.7 Å². The number of esters is 1. The monoisotopic (exact) mass is 329 g/mol. The van der Waals surface area contributed by atoms with Gasteiger partial charge in [0.2, 0.25) is 0 Å². The summed E-state index contributed by atoms with van der Waals surface area (Å²) in [4.78, 5) is 23.2. The lowest BCUT2D eigenvalue weighted by atomic mass is 10.1. The van der Waals surface area contributed by atoms with Crippen LogP contribution in [0.15, 0.2) is 24.3 Å². The molecule has 0 heterocycles. The van der Waals surface area contributed by atoms with E-state index < -0.39 is 28.3 Å². The SMILES string of the molecule is COCCNC(=O)COC(=O)c1cccc(CS(C)(=O)=O)c1. The van der Waals surface area contributed by atoms with Crippen LogP contribution in [0.4, 0.5) is 0 Å². The third kappa shape index (κ3) is 7.19. The minimum absolute atomic E-state index is 0.161. The first-order chi connectivity index (χ1) is 10.3. The fourth-order valence-corrected chi connectivity index (χ4v) is 2.43. The first kappa shape index (κ1) is 18.1. The van der Waals surface area contributed by atoms with Crippen molar-refractivity contribution in [3.05, 3.63) is 35.4 Å². The molecule has 122 valence electrons. The van der Waals surface area contributed by atoms with Crippen molar-refractivity contribution in [2.75, 3.05) is 33.1 Å². The van der Waals surface area contributed by atoms with Gasteiger partial charge in [-0.2, -0.15) is 0 Å². The van der Waals surface area contributed by atoms with Gasteiger partial charge in [-0.1, -0.05) is 12.1 Å². The van der Waals surface area contributed by atoms with Crippen LogP contribution in [0.25, 0.3) is 0 Å². The molecule has 0 aliphatic rings. The Hall–Kier alpha value is -1.93. The molecule has 0 fully saturated rings. The predicted octanol–water partition coefficient (Wildman–Crippen LogP) is 0.151. The minimum Gasteiger partial charge on any atom is -0.452 e. The highest BCUT2D eigenvalue weighted by Crippen LogP contribution is 2.10. The van der Waals surface area contributed by atoms with E-state index >= 15 is 0 Å². The lowest BCUT2D eigenvalue weighted by molar-refractivity contribution is -0.124. The van der Waals surface area contributed by atoms with Crippen molar-refractivity contribution in [3.8, 4) is 0 Å². The molecule has 1 amide bonds. The largest absolute Gasteiger partial charge is 0.452 e. The van der Waals surface area contributed by atoms with Crippen LogP contribution in [0.2, 0.25) is 0 Å². The summed E-state index contributed by atoms with van der Waals surface area (Å²) in [6.07, 6.45) is 1.11. The Labute approximate surface area is 129 Å². The van der Waals surface area contributed by atoms with E-state index in [4.69, 9.17) is 9.47 Å². The van der Waals surface area contributed by atoms with Crippen LogP contribution in [0.5, 0.6) is 0 Å². The quantitative estimate of drug-likeness (QED) is 0.538. The molecule has 0 unspecified atom stereocenters. The Kier molecular flexibility index (Phi) is 7.00. The average molecular weight is 329 g/mol. The number of rotatable bonds is 8. The third-order valence-electron chi connectivity index (χ3n) is 2.55. The third-order valence-corrected chi connectivity index (χ3v) is 3.41. The second-order valence-electron chi connectivity index (χ2n) is 4.69. The van der Waals surface area contributed by atoms with Gasteiger partial charge in [-0.3, -0.25) is 4.79 Å². The van der Waals surface area contributed by atoms with Gasteiger partial charge < -0.3 is 14.8 Å². The number of benzene rings is 1. The fourth-order valence-electron chi connectivity index (χ4n) is 1.65. The first-order valence-corrected chi connectivity index (χ1v) is 8.57. The van der Waals surface area contributed by atoms with Crippen LogP contribution < -0.4 is 5.32 Å². The molecular formula is C14H19NO6S. The number of amides is 1. The highest BCUT2D eigenvalue weighted by Gasteiger charge is 2.12. The average Bonchev–Trinajstić information content (AvgIpc) is 2.43. The Morgan fingerprint density at radius 2 is 2.00 bits per heavy atom. The summed E-state index contributed by atoms with van der Waals surface area (Å²) in [6.45, 7) is 0.294. The molecule has 1 N–H and O–H groups in total. The highest BCUT2D eigenvalue weighted by atomic mass is 32.2. The van der Waals surface area contributed by atoms with Gasteiger partial charge in [0.25, 0.3) is 5.91 Å². The molecular weight excluding hydrogens is 310 g/mol. The van der Waals surface area contributed by atoms with Crippen molar-refractivity contribution in [2.45, 2.75) is 5.75 Å². The number of methoxy groups -OCH3 is 1. The summed E-state index contributed by atoms with van der Waals surface area (Å²) in [5.41, 5.74) is 0.687. The number of carbonyl (C=O) groups is 2. The van der Waals surface area contributed by atoms with Crippen molar-refractivity contribution in [3.63, 3.8) is 0 Å². The van der Waals surface area contributed by atoms with Crippen LogP contribution in [-0.2, 0) is 29.9 Å². The molecule has 0 atom stereocenters. The van der Waals surface area contributed by atoms with Crippen LogP contribution in [0, 0.1) is 0 Å². The van der Waals surface area contributed by atoms with Crippen molar-refractivity contribution >= 4 is 21.7 Å². The predicted molar refractivity (Wildman–Crippen MR) is 80.2 cm³/mol. The molecule has 0 spiro atoms. The molecule has 0 saturated carbocycles. The van der Waals surface area contributed by atoms with E-state index in [1.54, 1.807) is 12.1 Å². The Balaban J connectivity index is 2.55. The molecule has 7 nitrogen and oxygen atoms in total. The van der Waals surface area contributed by atoms with Crippen molar-refractivity contribution in [2.24, 2.45) is 0 Å². The summed E-state index contributed by atoms with van der Waals surface area (Å²) in [5, 5.41) is 2.51. The Morgan fingerprint density at radius 1 is 1.27 bits per heavy atom. The number of ether oxygens (including phenoxy) is 2. The van der Waals surface area contributed by atoms with Crippen molar-refractivity contribution < 1.29 is 27.5 Å². The van der Waals surface area contributed by atoms with Crippen LogP contribution in [-0.4, -0.2) is 53.4 Å². The smallest absolute Gasteiger partial charge is 0.338 e. The molecule has 0 radical (unpaired) electrons. The van der Waals surface area contributed by atoms with Gasteiger partial charge in [-0.15, -0.1) is 0 Å². The molecule has 0 saturated heterocycles. The Morgan fingerprint density at radius 3 is 2.64 bits per heavy atom. The fraction of sp³-hybridized carbons (Fsp3) is 0.429. The second-order valence-corrected chi connectivity index (χ2v) is 6.83. The lowest BCUT2D eigenvalue weighted by Gasteiger charge is -2.07. The molecule has 0 bridgehead atoms. The minimum atomic E-state index is -3.19. The number of hydrogen-bond acceptors (Lipinski definition) is 6. The molecule has 0 aromatic heterocycles. The van der Waals surface area contributed by atoms with Gasteiger partial charge in [0, 0.05) is 19.9 Å². The number of hydrogen-bond donors (Lipinski definition) is 1. The molecule has 22 heavy (non-hydrogen) atoms. The van der Waals surface area contributed by atoms with Gasteiger partial charge in [0.15, 0.2) is 16.4 Å². The summed E-state index contributed by atoms with van der Waals surface area (Å²) in [5.74, 6) is -1.28. The molecule has 1 rings (SSSR count). The molecule has 0 aliphatic carbocycles. The van der Waals surface area contributed by atoms with E-state index in [2.05, 4.69) is 5.32 Å². The summed E-state index contributed by atoms with van der Waals surface area (Å²) >= 11 is 0. The highest BCUT2D eigenvalue weighted by molar-refractivity contribution is 7.89. The van der Waals surface area contributed by atoms with Crippen LogP contribution >= 0.6 is 0 Å². The van der Waals surface area contributed by atoms with Gasteiger partial charge in [0.05, 0.1) is 17.9 Å². The topological polar surface area (TPSA) is 98.8 Å². The van der Waals surface area contributed by atoms with Gasteiger partial charge in [0.1, 0.15) is 0 Å². The molecule has 1 aromatic carbocycles. The van der Waals surface area contributed by atoms with Crippen molar-refractivity contribution in [1.82, 2.24) is 5.32 Å². The molecule has 8 heteroatoms. The van der Waals surface area contributed by atoms with Crippen LogP contribution in [0.1, 0.15) is 15.9 Å². The van der Waals surface area contributed by atoms with E-state index in [0.717, 1.165) is 6.26 Å². The lowest BCUT2D eigenvalue weighted by Crippen LogP contribution is -2.31. The van der Waals surface area contributed by atoms with Gasteiger partial charge in [-0.25, -0.2) is 13.2 Å². The van der Waals surface area contributed by atoms with E-state index in [1.807, 2.05) is 0 Å². The van der Waals surface area contributed by atoms with E-state index in [-0.39, 0.29) is 11.3 Å². The van der Waals surface area contributed by atoms with Crippen LogP contribution in [0.3, 0.4) is 0 Å². The number of carbonyl (C=O) groups excluding carboxylic acids is 2. The van der Waals surface area contributed by atoms with Gasteiger partial charge >= 0.3 is 5.97 Å². The standard InChI is InChI=1S/C14H19NO6S/c1-20-7-6-15-13(16)9-21-14(17)12-5-3-4-11(8-12)10-22(2,18)19/h3-5,8H,6-7,9-10H2,1-2H3,(H,15,16). The molecule has 1 aromatic rings. The molecule has 0 aliphatic heterocycles. The zero-order chi connectivity index (χ0) is 16.6. The maximum absolute atomic E-state index is 11.8. The second kappa shape index (κ2) is 8.50. The van der Waals surface area contributed by atoms with Crippen molar-refractivity contribution in [1.29, 1.82) is 0 Å². The first-order valence-electron chi connectivity index (χ1n) is 6.51. The summed E-state index contributed by atoms with van der Waals surface area (Å²) in [7, 11) is -1.68. The van der Waals surface area contributed by atoms with E-state index in [0.29, 0.717) is 18.7 Å². The summed E-state index contributed by atoms with van der Waals surface area (Å²) in [6, 6.07) is 6.11. The summed E-state index contributed by atoms with van der Waals surface area (Å²) < 4.78 is 32.1. The normalized spacial score (nSPS) is 11.0. The Bertz CT molecular complexity index is 626. The number of sulfone groups is 1.